The summed E-state index contributed by atoms with van der Waals surface area (Å²) in [7, 11) is 0. The predicted octanol–water partition coefficient (Wildman–Crippen LogP) is 2.83. The Hall–Kier alpha value is -3.21. The van der Waals surface area contributed by atoms with Gasteiger partial charge in [0.2, 0.25) is 17.6 Å². The quantitative estimate of drug-likeness (QED) is 0.364. The van der Waals surface area contributed by atoms with E-state index in [1.54, 1.807) is 12.1 Å². The maximum Gasteiger partial charge on any atom is 0.258 e. The van der Waals surface area contributed by atoms with Gasteiger partial charge in [-0.1, -0.05) is 16.8 Å². The summed E-state index contributed by atoms with van der Waals surface area (Å²) in [6.07, 6.45) is -2.77. The molecule has 10 nitrogen and oxygen atoms in total. The summed E-state index contributed by atoms with van der Waals surface area (Å²) in [5.74, 6) is 0.664. The number of aliphatic hydroxyl groups is 2. The molecule has 0 fully saturated rings. The Morgan fingerprint density at radius 1 is 1.12 bits per heavy atom. The lowest BCUT2D eigenvalue weighted by molar-refractivity contribution is -0.127. The maximum absolute atomic E-state index is 10.9. The highest BCUT2D eigenvalue weighted by molar-refractivity contribution is 6.29. The number of carbonyl (C=O) groups excluding carboxylic acids is 1. The molecule has 0 saturated carbocycles. The van der Waals surface area contributed by atoms with Gasteiger partial charge in [-0.15, -0.1) is 0 Å². The number of aliphatic hydroxyl groups excluding tert-OH is 2. The van der Waals surface area contributed by atoms with Gasteiger partial charge in [-0.3, -0.25) is 4.79 Å². The molecule has 0 aliphatic rings. The zero-order valence-electron chi connectivity index (χ0n) is 19.3. The lowest BCUT2D eigenvalue weighted by Gasteiger charge is -2.17. The van der Waals surface area contributed by atoms with Crippen LogP contribution in [0.3, 0.4) is 0 Å². The number of aromatic nitrogens is 3. The smallest absolute Gasteiger partial charge is 0.258 e. The SMILES string of the molecule is Cc1cc(-c2noc(-c3cc(Cl)nc(OC(C)C)c3)n2)cc(C)c1OC[C@@H](O)CC(O)C(N)=O. The number of nitrogens with zero attached hydrogens (tertiary/aromatic N) is 3. The van der Waals surface area contributed by atoms with E-state index in [9.17, 15) is 15.0 Å². The molecule has 1 aromatic carbocycles. The topological polar surface area (TPSA) is 154 Å². The van der Waals surface area contributed by atoms with Gasteiger partial charge in [0.15, 0.2) is 0 Å². The predicted molar refractivity (Wildman–Crippen MR) is 125 cm³/mol. The molecule has 0 aliphatic heterocycles. The largest absolute Gasteiger partial charge is 0.490 e. The summed E-state index contributed by atoms with van der Waals surface area (Å²) >= 11 is 6.11. The lowest BCUT2D eigenvalue weighted by Crippen LogP contribution is -2.33. The average Bonchev–Trinajstić information content (AvgIpc) is 3.22. The first kappa shape index (κ1) is 25.4. The van der Waals surface area contributed by atoms with Gasteiger partial charge in [-0.05, 0) is 57.0 Å². The monoisotopic (exact) mass is 490 g/mol. The van der Waals surface area contributed by atoms with Gasteiger partial charge in [0.25, 0.3) is 5.89 Å². The van der Waals surface area contributed by atoms with Gasteiger partial charge in [0, 0.05) is 23.6 Å². The molecule has 3 aromatic rings. The first-order valence-corrected chi connectivity index (χ1v) is 11.0. The number of halogens is 1. The number of amides is 1. The summed E-state index contributed by atoms with van der Waals surface area (Å²) < 4.78 is 16.8. The molecule has 0 bridgehead atoms. The van der Waals surface area contributed by atoms with Gasteiger partial charge in [0.1, 0.15) is 23.6 Å². The van der Waals surface area contributed by atoms with Crippen molar-refractivity contribution >= 4 is 17.5 Å². The molecule has 4 N–H and O–H groups in total. The van der Waals surface area contributed by atoms with Crippen LogP contribution in [0, 0.1) is 13.8 Å². The van der Waals surface area contributed by atoms with Crippen LogP contribution >= 0.6 is 11.6 Å². The number of benzene rings is 1. The average molecular weight is 491 g/mol. The minimum atomic E-state index is -1.43. The first-order chi connectivity index (χ1) is 16.0. The third-order valence-corrected chi connectivity index (χ3v) is 4.96. The third kappa shape index (κ3) is 6.43. The van der Waals surface area contributed by atoms with Crippen LogP contribution in [0.2, 0.25) is 5.15 Å². The Morgan fingerprint density at radius 2 is 1.79 bits per heavy atom. The van der Waals surface area contributed by atoms with E-state index in [-0.39, 0.29) is 30.2 Å². The number of rotatable bonds is 10. The van der Waals surface area contributed by atoms with E-state index >= 15 is 0 Å². The second-order valence-electron chi connectivity index (χ2n) is 8.16. The minimum Gasteiger partial charge on any atom is -0.490 e. The minimum absolute atomic E-state index is 0.0712. The highest BCUT2D eigenvalue weighted by Gasteiger charge is 2.19. The Labute approximate surface area is 201 Å². The van der Waals surface area contributed by atoms with Crippen molar-refractivity contribution in [3.63, 3.8) is 0 Å². The number of carbonyl (C=O) groups is 1. The summed E-state index contributed by atoms with van der Waals surface area (Å²) in [6, 6.07) is 6.94. The van der Waals surface area contributed by atoms with Crippen molar-refractivity contribution in [2.45, 2.75) is 52.4 Å². The maximum atomic E-state index is 10.9. The molecule has 182 valence electrons. The normalized spacial score (nSPS) is 13.1. The molecule has 2 heterocycles. The number of aryl methyl sites for hydroxylation is 2. The van der Waals surface area contributed by atoms with E-state index in [0.29, 0.717) is 28.6 Å². The molecule has 34 heavy (non-hydrogen) atoms. The molecule has 1 amide bonds. The molecular weight excluding hydrogens is 464 g/mol. The lowest BCUT2D eigenvalue weighted by atomic mass is 10.1. The van der Waals surface area contributed by atoms with Crippen LogP contribution in [0.25, 0.3) is 22.8 Å². The second-order valence-corrected chi connectivity index (χ2v) is 8.55. The van der Waals surface area contributed by atoms with Crippen molar-refractivity contribution in [2.24, 2.45) is 5.73 Å². The fourth-order valence-electron chi connectivity index (χ4n) is 3.28. The van der Waals surface area contributed by atoms with Crippen molar-refractivity contribution in [1.29, 1.82) is 0 Å². The highest BCUT2D eigenvalue weighted by Crippen LogP contribution is 2.31. The second kappa shape index (κ2) is 10.8. The standard InChI is InChI=1S/C23H27ClN4O6/c1-11(2)33-19-8-15(7-18(24)26-19)23-27-22(28-34-23)14-5-12(3)20(13(4)6-14)32-10-16(29)9-17(30)21(25)31/h5-8,11,16-17,29-30H,9-10H2,1-4H3,(H2,25,31)/t16-,17?/m0/s1. The van der Waals surface area contributed by atoms with Gasteiger partial charge in [-0.25, -0.2) is 4.98 Å². The van der Waals surface area contributed by atoms with Crippen LogP contribution in [0.1, 0.15) is 31.4 Å². The third-order valence-electron chi connectivity index (χ3n) is 4.76. The molecule has 0 saturated heterocycles. The summed E-state index contributed by atoms with van der Waals surface area (Å²) in [5.41, 5.74) is 7.86. The molecular formula is C23H27ClN4O6. The van der Waals surface area contributed by atoms with Crippen molar-refractivity contribution in [3.8, 4) is 34.5 Å². The first-order valence-electron chi connectivity index (χ1n) is 10.6. The fraction of sp³-hybridized carbons (Fsp3) is 0.391. The molecule has 2 atom stereocenters. The van der Waals surface area contributed by atoms with Crippen molar-refractivity contribution in [3.05, 3.63) is 40.5 Å². The number of nitrogens with two attached hydrogens (primary N) is 1. The molecule has 2 aromatic heterocycles. The number of ether oxygens (including phenoxy) is 2. The van der Waals surface area contributed by atoms with Gasteiger partial charge < -0.3 is 29.9 Å². The zero-order valence-corrected chi connectivity index (χ0v) is 20.0. The van der Waals surface area contributed by atoms with Gasteiger partial charge >= 0.3 is 0 Å². The van der Waals surface area contributed by atoms with Crippen LogP contribution in [0.4, 0.5) is 0 Å². The fourth-order valence-corrected chi connectivity index (χ4v) is 3.49. The number of pyridine rings is 1. The van der Waals surface area contributed by atoms with Gasteiger partial charge in [0.05, 0.1) is 12.2 Å². The Balaban J connectivity index is 1.77. The highest BCUT2D eigenvalue weighted by atomic mass is 35.5. The van der Waals surface area contributed by atoms with E-state index in [0.717, 1.165) is 11.1 Å². The number of hydrogen-bond acceptors (Lipinski definition) is 9. The van der Waals surface area contributed by atoms with Gasteiger partial charge in [-0.2, -0.15) is 4.98 Å². The Bertz CT molecular complexity index is 1140. The van der Waals surface area contributed by atoms with E-state index in [4.69, 9.17) is 31.3 Å². The molecule has 11 heteroatoms. The summed E-state index contributed by atoms with van der Waals surface area (Å²) in [5, 5.41) is 23.8. The summed E-state index contributed by atoms with van der Waals surface area (Å²) in [6.45, 7) is 7.35. The van der Waals surface area contributed by atoms with Crippen LogP contribution in [0.5, 0.6) is 11.6 Å². The Kier molecular flexibility index (Phi) is 8.08. The Morgan fingerprint density at radius 3 is 2.41 bits per heavy atom. The molecule has 0 radical (unpaired) electrons. The van der Waals surface area contributed by atoms with Crippen molar-refractivity contribution < 1.29 is 29.0 Å². The molecule has 0 aliphatic carbocycles. The van der Waals surface area contributed by atoms with E-state index in [2.05, 4.69) is 15.1 Å². The summed E-state index contributed by atoms with van der Waals surface area (Å²) in [4.78, 5) is 19.6. The van der Waals surface area contributed by atoms with Crippen molar-refractivity contribution in [2.75, 3.05) is 6.61 Å². The van der Waals surface area contributed by atoms with E-state index in [1.807, 2.05) is 39.8 Å². The molecule has 0 spiro atoms. The number of primary amides is 1. The van der Waals surface area contributed by atoms with Crippen LogP contribution in [-0.4, -0.2) is 56.2 Å². The van der Waals surface area contributed by atoms with E-state index < -0.39 is 18.1 Å². The zero-order chi connectivity index (χ0) is 25.0. The van der Waals surface area contributed by atoms with Crippen LogP contribution < -0.4 is 15.2 Å². The van der Waals surface area contributed by atoms with E-state index in [1.165, 1.54) is 0 Å². The molecule has 1 unspecified atom stereocenters. The molecule has 3 rings (SSSR count). The van der Waals surface area contributed by atoms with Crippen LogP contribution in [0.15, 0.2) is 28.8 Å². The van der Waals surface area contributed by atoms with Crippen LogP contribution in [-0.2, 0) is 4.79 Å². The number of hydrogen-bond donors (Lipinski definition) is 3. The van der Waals surface area contributed by atoms with Crippen molar-refractivity contribution in [1.82, 2.24) is 15.1 Å².